The lowest BCUT2D eigenvalue weighted by Gasteiger charge is -1.98. The number of hydrogen-bond donors (Lipinski definition) is 1. The molecule has 1 N–H and O–H groups in total. The second kappa shape index (κ2) is 2.47. The molecule has 0 fully saturated rings. The van der Waals surface area contributed by atoms with Crippen molar-refractivity contribution >= 4 is 21.8 Å². The molecule has 1 aromatic carbocycles. The number of rotatable bonds is 0. The van der Waals surface area contributed by atoms with E-state index in [1.54, 1.807) is 12.4 Å². The average Bonchev–Trinajstić information content (AvgIpc) is 2.67. The molecule has 68 valence electrons. The van der Waals surface area contributed by atoms with Gasteiger partial charge in [0.15, 0.2) is 0 Å². The third-order valence-electron chi connectivity index (χ3n) is 2.31. The van der Waals surface area contributed by atoms with E-state index < -0.39 is 0 Å². The molecule has 0 bridgehead atoms. The normalized spacial score (nSPS) is 11.2. The molecule has 2 aromatic heterocycles. The Hall–Kier alpha value is -2.04. The van der Waals surface area contributed by atoms with E-state index in [1.807, 2.05) is 13.0 Å². The molecule has 0 unspecified atom stereocenters. The molecule has 0 radical (unpaired) electrons. The molecule has 0 aliphatic rings. The largest absolute Gasteiger partial charge is 0.197 e. The van der Waals surface area contributed by atoms with Crippen LogP contribution in [0.25, 0.3) is 21.8 Å². The molecule has 2 heterocycles. The van der Waals surface area contributed by atoms with Gasteiger partial charge in [0.05, 0.1) is 12.4 Å². The SMILES string of the molecule is Cc1cc2cnncc2c2n[nH]nc12. The topological polar surface area (TPSA) is 67.3 Å². The van der Waals surface area contributed by atoms with Crippen molar-refractivity contribution in [2.45, 2.75) is 6.92 Å². The van der Waals surface area contributed by atoms with Crippen molar-refractivity contribution in [3.05, 3.63) is 24.0 Å². The summed E-state index contributed by atoms with van der Waals surface area (Å²) in [5.41, 5.74) is 2.84. The molecule has 0 aliphatic heterocycles. The van der Waals surface area contributed by atoms with Crippen molar-refractivity contribution in [2.24, 2.45) is 0 Å². The molecule has 14 heavy (non-hydrogen) atoms. The lowest BCUT2D eigenvalue weighted by molar-refractivity contribution is 0.959. The standard InChI is InChI=1S/C9H7N5/c1-5-2-6-3-10-11-4-7(6)9-8(5)12-14-13-9/h2-4H,1H3,(H,12,13,14). The van der Waals surface area contributed by atoms with Gasteiger partial charge < -0.3 is 0 Å². The first-order valence-corrected chi connectivity index (χ1v) is 4.27. The van der Waals surface area contributed by atoms with Crippen LogP contribution in [0.2, 0.25) is 0 Å². The number of H-pyrrole nitrogens is 1. The van der Waals surface area contributed by atoms with Gasteiger partial charge in [0.25, 0.3) is 0 Å². The number of nitrogens with zero attached hydrogens (tertiary/aromatic N) is 4. The van der Waals surface area contributed by atoms with Crippen molar-refractivity contribution in [1.82, 2.24) is 25.6 Å². The zero-order valence-corrected chi connectivity index (χ0v) is 7.52. The van der Waals surface area contributed by atoms with E-state index in [4.69, 9.17) is 0 Å². The van der Waals surface area contributed by atoms with Crippen molar-refractivity contribution in [3.63, 3.8) is 0 Å². The number of aryl methyl sites for hydroxylation is 1. The smallest absolute Gasteiger partial charge is 0.122 e. The van der Waals surface area contributed by atoms with Crippen LogP contribution in [0.5, 0.6) is 0 Å². The lowest BCUT2D eigenvalue weighted by Crippen LogP contribution is -1.84. The predicted molar refractivity (Wildman–Crippen MR) is 51.7 cm³/mol. The Labute approximate surface area is 79.2 Å². The van der Waals surface area contributed by atoms with Crippen molar-refractivity contribution in [2.75, 3.05) is 0 Å². The maximum absolute atomic E-state index is 4.10. The molecule has 0 spiro atoms. The molecule has 5 nitrogen and oxygen atoms in total. The summed E-state index contributed by atoms with van der Waals surface area (Å²) in [6.07, 6.45) is 3.44. The van der Waals surface area contributed by atoms with Gasteiger partial charge in [0, 0.05) is 10.8 Å². The number of aromatic nitrogens is 5. The first-order valence-electron chi connectivity index (χ1n) is 4.27. The first kappa shape index (κ1) is 7.37. The maximum atomic E-state index is 4.10. The van der Waals surface area contributed by atoms with Crippen LogP contribution in [0.4, 0.5) is 0 Å². The Kier molecular flexibility index (Phi) is 1.30. The Balaban J connectivity index is 2.66. The van der Waals surface area contributed by atoms with Gasteiger partial charge in [-0.05, 0) is 18.6 Å². The molecule has 0 aliphatic carbocycles. The van der Waals surface area contributed by atoms with Crippen LogP contribution in [0, 0.1) is 6.92 Å². The highest BCUT2D eigenvalue weighted by Crippen LogP contribution is 2.23. The van der Waals surface area contributed by atoms with Crippen LogP contribution in [-0.4, -0.2) is 25.6 Å². The quantitative estimate of drug-likeness (QED) is 0.571. The Bertz CT molecular complexity index is 613. The van der Waals surface area contributed by atoms with Crippen LogP contribution >= 0.6 is 0 Å². The van der Waals surface area contributed by atoms with Crippen molar-refractivity contribution < 1.29 is 0 Å². The predicted octanol–water partition coefficient (Wildman–Crippen LogP) is 1.21. The number of benzene rings is 1. The molecule has 0 saturated heterocycles. The maximum Gasteiger partial charge on any atom is 0.122 e. The highest BCUT2D eigenvalue weighted by atomic mass is 15.3. The molecular formula is C9H7N5. The van der Waals surface area contributed by atoms with Gasteiger partial charge in [0.1, 0.15) is 11.0 Å². The van der Waals surface area contributed by atoms with Gasteiger partial charge >= 0.3 is 0 Å². The van der Waals surface area contributed by atoms with Crippen molar-refractivity contribution in [3.8, 4) is 0 Å². The van der Waals surface area contributed by atoms with Gasteiger partial charge in [-0.15, -0.1) is 0 Å². The summed E-state index contributed by atoms with van der Waals surface area (Å²) in [5, 5.41) is 20.5. The molecular weight excluding hydrogens is 178 g/mol. The van der Waals surface area contributed by atoms with E-state index in [1.165, 1.54) is 0 Å². The molecule has 0 saturated carbocycles. The minimum Gasteiger partial charge on any atom is -0.197 e. The lowest BCUT2D eigenvalue weighted by atomic mass is 10.1. The zero-order valence-electron chi connectivity index (χ0n) is 7.52. The van der Waals surface area contributed by atoms with E-state index in [2.05, 4.69) is 25.6 Å². The fourth-order valence-electron chi connectivity index (χ4n) is 1.64. The number of aromatic amines is 1. The van der Waals surface area contributed by atoms with E-state index >= 15 is 0 Å². The number of hydrogen-bond acceptors (Lipinski definition) is 4. The Morgan fingerprint density at radius 3 is 2.79 bits per heavy atom. The van der Waals surface area contributed by atoms with Crippen LogP contribution in [0.15, 0.2) is 18.5 Å². The number of nitrogens with one attached hydrogen (secondary N) is 1. The third-order valence-corrected chi connectivity index (χ3v) is 2.31. The van der Waals surface area contributed by atoms with E-state index in [-0.39, 0.29) is 0 Å². The third kappa shape index (κ3) is 0.834. The minimum atomic E-state index is 0.856. The van der Waals surface area contributed by atoms with Gasteiger partial charge in [-0.1, -0.05) is 0 Å². The summed E-state index contributed by atoms with van der Waals surface area (Å²) in [7, 11) is 0. The van der Waals surface area contributed by atoms with Gasteiger partial charge in [-0.2, -0.15) is 25.6 Å². The molecule has 0 amide bonds. The summed E-state index contributed by atoms with van der Waals surface area (Å²) in [5.74, 6) is 0. The zero-order chi connectivity index (χ0) is 9.54. The van der Waals surface area contributed by atoms with Crippen molar-refractivity contribution in [1.29, 1.82) is 0 Å². The molecule has 3 aromatic rings. The second-order valence-electron chi connectivity index (χ2n) is 3.21. The molecule has 3 rings (SSSR count). The summed E-state index contributed by atoms with van der Waals surface area (Å²) >= 11 is 0. The summed E-state index contributed by atoms with van der Waals surface area (Å²) in [4.78, 5) is 0. The Morgan fingerprint density at radius 1 is 1.07 bits per heavy atom. The second-order valence-corrected chi connectivity index (χ2v) is 3.21. The highest BCUT2D eigenvalue weighted by molar-refractivity contribution is 6.04. The first-order chi connectivity index (χ1) is 6.86. The fourth-order valence-corrected chi connectivity index (χ4v) is 1.64. The van der Waals surface area contributed by atoms with E-state index in [9.17, 15) is 0 Å². The molecule has 0 atom stereocenters. The molecule has 5 heteroatoms. The van der Waals surface area contributed by atoms with Gasteiger partial charge in [-0.25, -0.2) is 0 Å². The van der Waals surface area contributed by atoms with Gasteiger partial charge in [-0.3, -0.25) is 0 Å². The highest BCUT2D eigenvalue weighted by Gasteiger charge is 2.07. The van der Waals surface area contributed by atoms with Gasteiger partial charge in [0.2, 0.25) is 0 Å². The average molecular weight is 185 g/mol. The monoisotopic (exact) mass is 185 g/mol. The summed E-state index contributed by atoms with van der Waals surface area (Å²) < 4.78 is 0. The van der Waals surface area contributed by atoms with Crippen LogP contribution < -0.4 is 0 Å². The van der Waals surface area contributed by atoms with Crippen LogP contribution in [0.3, 0.4) is 0 Å². The summed E-state index contributed by atoms with van der Waals surface area (Å²) in [6, 6.07) is 2.04. The fraction of sp³-hybridized carbons (Fsp3) is 0.111. The van der Waals surface area contributed by atoms with E-state index in [0.29, 0.717) is 0 Å². The van der Waals surface area contributed by atoms with E-state index in [0.717, 1.165) is 27.4 Å². The Morgan fingerprint density at radius 2 is 1.86 bits per heavy atom. The minimum absolute atomic E-state index is 0.856. The van der Waals surface area contributed by atoms with Crippen LogP contribution in [0.1, 0.15) is 5.56 Å². The van der Waals surface area contributed by atoms with Crippen LogP contribution in [-0.2, 0) is 0 Å². The summed E-state index contributed by atoms with van der Waals surface area (Å²) in [6.45, 7) is 2.00. The number of fused-ring (bicyclic) bond motifs is 3.